The van der Waals surface area contributed by atoms with Crippen LogP contribution in [0.4, 0.5) is 0 Å². The van der Waals surface area contributed by atoms with Gasteiger partial charge in [0.2, 0.25) is 0 Å². The zero-order valence-corrected chi connectivity index (χ0v) is 13.9. The predicted octanol–water partition coefficient (Wildman–Crippen LogP) is 4.03. The summed E-state index contributed by atoms with van der Waals surface area (Å²) < 4.78 is 10.8. The van der Waals surface area contributed by atoms with Crippen molar-refractivity contribution in [1.29, 1.82) is 0 Å². The molecule has 0 saturated heterocycles. The molecule has 21 heavy (non-hydrogen) atoms. The third-order valence-corrected chi connectivity index (χ3v) is 4.56. The molecule has 0 amide bonds. The third kappa shape index (κ3) is 3.57. The Hall–Kier alpha value is -1.52. The molecule has 0 saturated carbocycles. The molecule has 0 spiro atoms. The first-order valence-corrected chi connectivity index (χ1v) is 8.14. The zero-order chi connectivity index (χ0) is 15.2. The fourth-order valence-corrected chi connectivity index (χ4v) is 3.55. The number of benzene rings is 1. The largest absolute Gasteiger partial charge is 0.497 e. The van der Waals surface area contributed by atoms with Crippen LogP contribution >= 0.6 is 11.3 Å². The van der Waals surface area contributed by atoms with Gasteiger partial charge in [0.25, 0.3) is 0 Å². The van der Waals surface area contributed by atoms with Gasteiger partial charge in [0.15, 0.2) is 0 Å². The minimum Gasteiger partial charge on any atom is -0.497 e. The summed E-state index contributed by atoms with van der Waals surface area (Å²) in [7, 11) is 3.37. The van der Waals surface area contributed by atoms with Gasteiger partial charge in [-0.2, -0.15) is 0 Å². The number of hydrogen-bond donors (Lipinski definition) is 1. The fourth-order valence-electron chi connectivity index (χ4n) is 2.45. The molecule has 1 aromatic carbocycles. The maximum atomic E-state index is 5.40. The van der Waals surface area contributed by atoms with Gasteiger partial charge in [-0.15, -0.1) is 11.3 Å². The highest BCUT2D eigenvalue weighted by Crippen LogP contribution is 2.34. The summed E-state index contributed by atoms with van der Waals surface area (Å²) in [6.07, 6.45) is 1.04. The van der Waals surface area contributed by atoms with Crippen LogP contribution in [0.15, 0.2) is 29.6 Å². The first-order chi connectivity index (χ1) is 10.2. The van der Waals surface area contributed by atoms with E-state index in [9.17, 15) is 0 Å². The molecular formula is C17H23NO2S. The van der Waals surface area contributed by atoms with Gasteiger partial charge in [0.1, 0.15) is 11.5 Å². The standard InChI is InChI=1S/C17H23NO2S/c1-5-12-7-8-21-17(12)16(18-6-2)13-9-14(19-3)11-15(10-13)20-4/h7-11,16,18H,5-6H2,1-4H3. The minimum atomic E-state index is 0.175. The van der Waals surface area contributed by atoms with Crippen molar-refractivity contribution in [2.24, 2.45) is 0 Å². The van der Waals surface area contributed by atoms with Gasteiger partial charge in [0.05, 0.1) is 20.3 Å². The van der Waals surface area contributed by atoms with Crippen LogP contribution in [0.3, 0.4) is 0 Å². The smallest absolute Gasteiger partial charge is 0.122 e. The first-order valence-electron chi connectivity index (χ1n) is 7.26. The van der Waals surface area contributed by atoms with Crippen molar-refractivity contribution in [3.8, 4) is 11.5 Å². The van der Waals surface area contributed by atoms with Crippen LogP contribution in [0.2, 0.25) is 0 Å². The molecular weight excluding hydrogens is 282 g/mol. The quantitative estimate of drug-likeness (QED) is 0.838. The number of methoxy groups -OCH3 is 2. The third-order valence-electron chi connectivity index (χ3n) is 3.54. The SMILES string of the molecule is CCNC(c1cc(OC)cc(OC)c1)c1sccc1CC. The molecule has 0 bridgehead atoms. The highest BCUT2D eigenvalue weighted by molar-refractivity contribution is 7.10. The normalized spacial score (nSPS) is 12.2. The molecule has 0 radical (unpaired) electrons. The number of hydrogen-bond acceptors (Lipinski definition) is 4. The Morgan fingerprint density at radius 1 is 1.10 bits per heavy atom. The lowest BCUT2D eigenvalue weighted by Crippen LogP contribution is -2.22. The number of thiophene rings is 1. The Labute approximate surface area is 130 Å². The van der Waals surface area contributed by atoms with Crippen LogP contribution in [0.1, 0.15) is 35.9 Å². The molecule has 2 rings (SSSR count). The topological polar surface area (TPSA) is 30.5 Å². The van der Waals surface area contributed by atoms with Crippen molar-refractivity contribution in [3.63, 3.8) is 0 Å². The Kier molecular flexibility index (Phi) is 5.65. The molecule has 1 heterocycles. The van der Waals surface area contributed by atoms with E-state index in [1.54, 1.807) is 25.6 Å². The van der Waals surface area contributed by atoms with Crippen LogP contribution in [0.5, 0.6) is 11.5 Å². The molecule has 1 unspecified atom stereocenters. The molecule has 2 aromatic rings. The Morgan fingerprint density at radius 3 is 2.29 bits per heavy atom. The average molecular weight is 305 g/mol. The number of aryl methyl sites for hydroxylation is 1. The second-order valence-corrected chi connectivity index (χ2v) is 5.75. The van der Waals surface area contributed by atoms with E-state index in [1.807, 2.05) is 6.07 Å². The monoisotopic (exact) mass is 305 g/mol. The van der Waals surface area contributed by atoms with Crippen LogP contribution in [-0.4, -0.2) is 20.8 Å². The van der Waals surface area contributed by atoms with Crippen molar-refractivity contribution >= 4 is 11.3 Å². The van der Waals surface area contributed by atoms with E-state index in [0.29, 0.717) is 0 Å². The van der Waals surface area contributed by atoms with Crippen molar-refractivity contribution in [1.82, 2.24) is 5.32 Å². The van der Waals surface area contributed by atoms with E-state index in [2.05, 4.69) is 42.7 Å². The molecule has 0 aliphatic rings. The summed E-state index contributed by atoms with van der Waals surface area (Å²) in [5, 5.41) is 5.74. The maximum absolute atomic E-state index is 5.40. The first kappa shape index (κ1) is 15.9. The molecule has 3 nitrogen and oxygen atoms in total. The highest BCUT2D eigenvalue weighted by Gasteiger charge is 2.19. The van der Waals surface area contributed by atoms with Gasteiger partial charge in [-0.05, 0) is 47.7 Å². The lowest BCUT2D eigenvalue weighted by atomic mass is 10.0. The Morgan fingerprint density at radius 2 is 1.76 bits per heavy atom. The summed E-state index contributed by atoms with van der Waals surface area (Å²) in [6.45, 7) is 5.23. The van der Waals surface area contributed by atoms with E-state index in [-0.39, 0.29) is 6.04 Å². The van der Waals surface area contributed by atoms with E-state index in [0.717, 1.165) is 24.5 Å². The van der Waals surface area contributed by atoms with Crippen molar-refractivity contribution in [3.05, 3.63) is 45.6 Å². The summed E-state index contributed by atoms with van der Waals surface area (Å²) in [4.78, 5) is 1.37. The van der Waals surface area contributed by atoms with Gasteiger partial charge in [-0.3, -0.25) is 0 Å². The molecule has 1 N–H and O–H groups in total. The molecule has 1 atom stereocenters. The number of nitrogens with one attached hydrogen (secondary N) is 1. The van der Waals surface area contributed by atoms with Crippen LogP contribution < -0.4 is 14.8 Å². The van der Waals surface area contributed by atoms with Gasteiger partial charge < -0.3 is 14.8 Å². The van der Waals surface area contributed by atoms with Gasteiger partial charge in [0, 0.05) is 10.9 Å². The van der Waals surface area contributed by atoms with Gasteiger partial charge >= 0.3 is 0 Å². The minimum absolute atomic E-state index is 0.175. The summed E-state index contributed by atoms with van der Waals surface area (Å²) in [5.41, 5.74) is 2.57. The van der Waals surface area contributed by atoms with Crippen LogP contribution in [0.25, 0.3) is 0 Å². The Bertz CT molecular complexity index is 558. The average Bonchev–Trinajstić information content (AvgIpc) is 3.00. The summed E-state index contributed by atoms with van der Waals surface area (Å²) in [5.74, 6) is 1.64. The lowest BCUT2D eigenvalue weighted by molar-refractivity contribution is 0.392. The second kappa shape index (κ2) is 7.48. The molecule has 1 aromatic heterocycles. The van der Waals surface area contributed by atoms with E-state index in [4.69, 9.17) is 9.47 Å². The van der Waals surface area contributed by atoms with E-state index >= 15 is 0 Å². The van der Waals surface area contributed by atoms with E-state index in [1.165, 1.54) is 16.0 Å². The summed E-state index contributed by atoms with van der Waals surface area (Å²) >= 11 is 1.80. The predicted molar refractivity (Wildman–Crippen MR) is 88.8 cm³/mol. The van der Waals surface area contributed by atoms with Crippen molar-refractivity contribution in [2.75, 3.05) is 20.8 Å². The second-order valence-electron chi connectivity index (χ2n) is 4.80. The highest BCUT2D eigenvalue weighted by atomic mass is 32.1. The lowest BCUT2D eigenvalue weighted by Gasteiger charge is -2.20. The van der Waals surface area contributed by atoms with Crippen molar-refractivity contribution in [2.45, 2.75) is 26.3 Å². The zero-order valence-electron chi connectivity index (χ0n) is 13.1. The maximum Gasteiger partial charge on any atom is 0.122 e. The molecule has 4 heteroatoms. The van der Waals surface area contributed by atoms with Gasteiger partial charge in [-0.25, -0.2) is 0 Å². The van der Waals surface area contributed by atoms with Gasteiger partial charge in [-0.1, -0.05) is 13.8 Å². The molecule has 114 valence electrons. The molecule has 0 aliphatic carbocycles. The summed E-state index contributed by atoms with van der Waals surface area (Å²) in [6, 6.07) is 8.45. The van der Waals surface area contributed by atoms with Crippen LogP contribution in [-0.2, 0) is 6.42 Å². The molecule has 0 fully saturated rings. The molecule has 0 aliphatic heterocycles. The Balaban J connectivity index is 2.47. The van der Waals surface area contributed by atoms with Crippen LogP contribution in [0, 0.1) is 0 Å². The number of rotatable bonds is 7. The van der Waals surface area contributed by atoms with Crippen molar-refractivity contribution < 1.29 is 9.47 Å². The van der Waals surface area contributed by atoms with E-state index < -0.39 is 0 Å². The fraction of sp³-hybridized carbons (Fsp3) is 0.412. The number of ether oxygens (including phenoxy) is 2.